The number of rotatable bonds is 7. The third-order valence-corrected chi connectivity index (χ3v) is 9.03. The molecule has 3 aliphatic carbocycles. The second-order valence-electron chi connectivity index (χ2n) is 11.0. The van der Waals surface area contributed by atoms with Gasteiger partial charge in [0, 0.05) is 23.3 Å². The maximum Gasteiger partial charge on any atom is 0.226 e. The Labute approximate surface area is 224 Å². The predicted molar refractivity (Wildman–Crippen MR) is 143 cm³/mol. The van der Waals surface area contributed by atoms with E-state index in [0.29, 0.717) is 11.1 Å². The lowest BCUT2D eigenvalue weighted by molar-refractivity contribution is -0.148. The lowest BCUT2D eigenvalue weighted by atomic mass is 9.50. The molecular formula is C31H28FN3O4. The Bertz CT molecular complexity index is 1630. The molecule has 0 aliphatic heterocycles. The van der Waals surface area contributed by atoms with Crippen molar-refractivity contribution in [2.45, 2.75) is 25.7 Å². The van der Waals surface area contributed by atoms with Gasteiger partial charge in [0.25, 0.3) is 0 Å². The Balaban J connectivity index is 1.10. The standard InChI is InChI=1S/C31H28FN3O4/c32-21-6-8-22(9-7-21)35-27-13-20-5-10-26-24(15-31(20,26)14-19(27)16-33-35)30(38)34(11-12-36)17-28(37)25-18-39-29-4-2-1-3-23(25)29/h1-4,6-9,13,16,18,24,26,36H,5,10-12,14-15,17H2/t24?,26-,31-/m1/s1. The highest BCUT2D eigenvalue weighted by Gasteiger charge is 2.62. The third-order valence-electron chi connectivity index (χ3n) is 9.03. The summed E-state index contributed by atoms with van der Waals surface area (Å²) >= 11 is 0. The van der Waals surface area contributed by atoms with E-state index in [1.54, 1.807) is 18.2 Å². The predicted octanol–water partition coefficient (Wildman–Crippen LogP) is 4.82. The van der Waals surface area contributed by atoms with Crippen LogP contribution in [0.25, 0.3) is 22.7 Å². The maximum absolute atomic E-state index is 13.7. The number of aliphatic hydroxyl groups is 1. The molecule has 4 aromatic rings. The highest BCUT2D eigenvalue weighted by Crippen LogP contribution is 2.67. The zero-order valence-corrected chi connectivity index (χ0v) is 21.3. The topological polar surface area (TPSA) is 88.6 Å². The second-order valence-corrected chi connectivity index (χ2v) is 11.0. The molecule has 0 radical (unpaired) electrons. The summed E-state index contributed by atoms with van der Waals surface area (Å²) < 4.78 is 20.8. The third kappa shape index (κ3) is 3.69. The Morgan fingerprint density at radius 3 is 2.82 bits per heavy atom. The van der Waals surface area contributed by atoms with E-state index in [-0.39, 0.29) is 54.5 Å². The zero-order chi connectivity index (χ0) is 26.7. The minimum absolute atomic E-state index is 0.0559. The van der Waals surface area contributed by atoms with Crippen LogP contribution in [0.5, 0.6) is 0 Å². The molecule has 1 spiro atoms. The fourth-order valence-corrected chi connectivity index (χ4v) is 7.16. The quantitative estimate of drug-likeness (QED) is 0.350. The first-order chi connectivity index (χ1) is 19.0. The zero-order valence-electron chi connectivity index (χ0n) is 21.3. The van der Waals surface area contributed by atoms with Crippen LogP contribution >= 0.6 is 0 Å². The average Bonchev–Trinajstić information content (AvgIpc) is 3.62. The van der Waals surface area contributed by atoms with E-state index in [9.17, 15) is 19.1 Å². The molecule has 0 saturated heterocycles. The molecule has 2 aromatic heterocycles. The van der Waals surface area contributed by atoms with Crippen LogP contribution in [0.1, 0.15) is 40.9 Å². The smallest absolute Gasteiger partial charge is 0.226 e. The van der Waals surface area contributed by atoms with Crippen molar-refractivity contribution < 1.29 is 23.5 Å². The van der Waals surface area contributed by atoms with Gasteiger partial charge in [-0.3, -0.25) is 9.59 Å². The van der Waals surface area contributed by atoms with Gasteiger partial charge in [0.1, 0.15) is 17.7 Å². The van der Waals surface area contributed by atoms with Gasteiger partial charge >= 0.3 is 0 Å². The average molecular weight is 526 g/mol. The molecule has 7 nitrogen and oxygen atoms in total. The molecule has 8 heteroatoms. The molecule has 2 heterocycles. The number of nitrogens with zero attached hydrogens (tertiary/aromatic N) is 3. The minimum Gasteiger partial charge on any atom is -0.464 e. The fraction of sp³-hybridized carbons (Fsp3) is 0.323. The molecule has 0 bridgehead atoms. The Kier molecular flexibility index (Phi) is 5.56. The van der Waals surface area contributed by atoms with Crippen LogP contribution in [0, 0.1) is 23.1 Å². The molecule has 7 rings (SSSR count). The van der Waals surface area contributed by atoms with Crippen molar-refractivity contribution in [1.29, 1.82) is 0 Å². The number of aliphatic hydroxyl groups excluding tert-OH is 1. The van der Waals surface area contributed by atoms with Crippen molar-refractivity contribution >= 4 is 28.7 Å². The van der Waals surface area contributed by atoms with Crippen LogP contribution in [0.2, 0.25) is 0 Å². The number of allylic oxidation sites excluding steroid dienone is 1. The van der Waals surface area contributed by atoms with Crippen LogP contribution < -0.4 is 0 Å². The monoisotopic (exact) mass is 525 g/mol. The SMILES string of the molecule is O=C(CN(CCO)C(=O)C1C[C@]23Cc4cnn(-c5ccc(F)cc5)c4C=C2CC[C@H]13)c1coc2ccccc12. The van der Waals surface area contributed by atoms with Gasteiger partial charge in [-0.15, -0.1) is 0 Å². The van der Waals surface area contributed by atoms with E-state index in [1.807, 2.05) is 29.1 Å². The molecular weight excluding hydrogens is 497 g/mol. The molecule has 1 unspecified atom stereocenters. The minimum atomic E-state index is -0.282. The first kappa shape index (κ1) is 24.0. The number of carbonyl (C=O) groups is 2. The molecule has 2 saturated carbocycles. The van der Waals surface area contributed by atoms with Gasteiger partial charge in [-0.1, -0.05) is 23.8 Å². The van der Waals surface area contributed by atoms with Gasteiger partial charge in [-0.2, -0.15) is 5.10 Å². The van der Waals surface area contributed by atoms with Gasteiger partial charge < -0.3 is 14.4 Å². The number of benzene rings is 2. The number of ketones is 1. The summed E-state index contributed by atoms with van der Waals surface area (Å²) in [4.78, 5) is 28.4. The van der Waals surface area contributed by atoms with Crippen molar-refractivity contribution in [2.75, 3.05) is 19.7 Å². The van der Waals surface area contributed by atoms with Crippen molar-refractivity contribution in [1.82, 2.24) is 14.7 Å². The number of furan rings is 1. The molecule has 3 atom stereocenters. The normalized spacial score (nSPS) is 23.0. The Hall–Kier alpha value is -4.04. The van der Waals surface area contributed by atoms with Gasteiger partial charge in [-0.05, 0) is 73.6 Å². The maximum atomic E-state index is 13.7. The summed E-state index contributed by atoms with van der Waals surface area (Å²) in [5.74, 6) is -0.515. The molecule has 2 aromatic carbocycles. The largest absolute Gasteiger partial charge is 0.464 e. The molecule has 198 valence electrons. The molecule has 1 amide bonds. The van der Waals surface area contributed by atoms with E-state index in [4.69, 9.17) is 4.42 Å². The van der Waals surface area contributed by atoms with E-state index < -0.39 is 0 Å². The number of amides is 1. The van der Waals surface area contributed by atoms with E-state index >= 15 is 0 Å². The van der Waals surface area contributed by atoms with Crippen LogP contribution in [0.15, 0.2) is 71.0 Å². The summed E-state index contributed by atoms with van der Waals surface area (Å²) in [6, 6.07) is 13.7. The molecule has 2 fully saturated rings. The Morgan fingerprint density at radius 2 is 2.00 bits per heavy atom. The van der Waals surface area contributed by atoms with Crippen molar-refractivity contribution in [3.05, 3.63) is 89.2 Å². The van der Waals surface area contributed by atoms with E-state index in [0.717, 1.165) is 48.0 Å². The Morgan fingerprint density at radius 1 is 1.18 bits per heavy atom. The lowest BCUT2D eigenvalue weighted by Gasteiger charge is -2.53. The summed E-state index contributed by atoms with van der Waals surface area (Å²) in [7, 11) is 0. The number of carbonyl (C=O) groups excluding carboxylic acids is 2. The van der Waals surface area contributed by atoms with E-state index in [2.05, 4.69) is 11.2 Å². The number of fused-ring (bicyclic) bond motifs is 2. The number of aromatic nitrogens is 2. The van der Waals surface area contributed by atoms with Gasteiger partial charge in [0.15, 0.2) is 5.78 Å². The molecule has 1 N–H and O–H groups in total. The van der Waals surface area contributed by atoms with Gasteiger partial charge in [-0.25, -0.2) is 9.07 Å². The lowest BCUT2D eigenvalue weighted by Crippen LogP contribution is -2.55. The van der Waals surface area contributed by atoms with Gasteiger partial charge in [0.2, 0.25) is 5.91 Å². The first-order valence-corrected chi connectivity index (χ1v) is 13.4. The van der Waals surface area contributed by atoms with Crippen LogP contribution in [0.3, 0.4) is 0 Å². The highest BCUT2D eigenvalue weighted by atomic mass is 19.1. The van der Waals surface area contributed by atoms with Crippen molar-refractivity contribution in [3.8, 4) is 5.69 Å². The van der Waals surface area contributed by atoms with Crippen molar-refractivity contribution in [2.24, 2.45) is 17.3 Å². The number of Topliss-reactive ketones (excluding diaryl/α,β-unsaturated/α-hetero) is 1. The second kappa shape index (κ2) is 9.02. The van der Waals surface area contributed by atoms with Crippen LogP contribution in [0.4, 0.5) is 4.39 Å². The van der Waals surface area contributed by atoms with Crippen molar-refractivity contribution in [3.63, 3.8) is 0 Å². The first-order valence-electron chi connectivity index (χ1n) is 13.4. The number of hydrogen-bond donors (Lipinski definition) is 1. The number of hydrogen-bond acceptors (Lipinski definition) is 5. The number of halogens is 1. The van der Waals surface area contributed by atoms with Crippen LogP contribution in [-0.2, 0) is 11.2 Å². The van der Waals surface area contributed by atoms with Crippen LogP contribution in [-0.4, -0.2) is 51.2 Å². The van der Waals surface area contributed by atoms with Gasteiger partial charge in [0.05, 0.1) is 36.3 Å². The summed E-state index contributed by atoms with van der Waals surface area (Å²) in [5.41, 5.74) is 5.35. The fourth-order valence-electron chi connectivity index (χ4n) is 7.16. The molecule has 39 heavy (non-hydrogen) atoms. The number of para-hydroxylation sites is 1. The summed E-state index contributed by atoms with van der Waals surface area (Å²) in [6.07, 6.45) is 8.95. The van der Waals surface area contributed by atoms with E-state index in [1.165, 1.54) is 28.9 Å². The summed E-state index contributed by atoms with van der Waals surface area (Å²) in [5, 5.41) is 15.0. The molecule has 3 aliphatic rings. The highest BCUT2D eigenvalue weighted by molar-refractivity contribution is 6.08. The summed E-state index contributed by atoms with van der Waals surface area (Å²) in [6.45, 7) is -0.172.